The highest BCUT2D eigenvalue weighted by molar-refractivity contribution is 6.24. The Morgan fingerprint density at radius 2 is 0.815 bits per heavy atom. The van der Waals surface area contributed by atoms with Crippen LogP contribution in [-0.4, -0.2) is 9.13 Å². The minimum atomic E-state index is 0.482. The number of hydrogen-bond donors (Lipinski definition) is 0. The summed E-state index contributed by atoms with van der Waals surface area (Å²) in [6, 6.07) is 67.6. The molecule has 4 nitrogen and oxygen atoms in total. The summed E-state index contributed by atoms with van der Waals surface area (Å²) in [6.45, 7) is 0. The van der Waals surface area contributed by atoms with Gasteiger partial charge in [-0.15, -0.1) is 0 Å². The number of para-hydroxylation sites is 3. The van der Waals surface area contributed by atoms with E-state index in [1.54, 1.807) is 0 Å². The SMILES string of the molecule is N#Cc1c(-c2ccccc2)cc(-c2ccc3c(c2)c2ccc4c5ccccc5n(-c5ccccc5)c4c2n3-c2ccccc2)c(C#N)c1-c1ccccc1. The highest BCUT2D eigenvalue weighted by Crippen LogP contribution is 2.45. The van der Waals surface area contributed by atoms with Gasteiger partial charge in [-0.1, -0.05) is 133 Å². The third kappa shape index (κ3) is 4.68. The zero-order chi connectivity index (χ0) is 36.2. The molecule has 0 radical (unpaired) electrons. The number of nitrogens with zero attached hydrogens (tertiary/aromatic N) is 4. The van der Waals surface area contributed by atoms with Crippen LogP contribution in [0.5, 0.6) is 0 Å². The summed E-state index contributed by atoms with van der Waals surface area (Å²) in [4.78, 5) is 0. The molecule has 0 fully saturated rings. The molecule has 0 aliphatic carbocycles. The van der Waals surface area contributed by atoms with Crippen LogP contribution in [0.2, 0.25) is 0 Å². The molecule has 0 saturated carbocycles. The predicted octanol–water partition coefficient (Wildman–Crippen LogP) is 12.6. The molecule has 0 unspecified atom stereocenters. The lowest BCUT2D eigenvalue weighted by Crippen LogP contribution is -1.99. The van der Waals surface area contributed by atoms with Gasteiger partial charge >= 0.3 is 0 Å². The first-order valence-corrected chi connectivity index (χ1v) is 18.0. The fourth-order valence-electron chi connectivity index (χ4n) is 8.29. The summed E-state index contributed by atoms with van der Waals surface area (Å²) in [6.07, 6.45) is 0. The third-order valence-electron chi connectivity index (χ3n) is 10.6. The van der Waals surface area contributed by atoms with Crippen molar-refractivity contribution in [3.05, 3.63) is 193 Å². The largest absolute Gasteiger partial charge is 0.307 e. The van der Waals surface area contributed by atoms with E-state index in [-0.39, 0.29) is 0 Å². The fourth-order valence-corrected chi connectivity index (χ4v) is 8.29. The lowest BCUT2D eigenvalue weighted by Gasteiger charge is -2.17. The molecule has 10 aromatic rings. The van der Waals surface area contributed by atoms with Gasteiger partial charge in [0.05, 0.1) is 33.2 Å². The normalized spacial score (nSPS) is 11.3. The Bertz CT molecular complexity index is 3140. The topological polar surface area (TPSA) is 57.4 Å². The van der Waals surface area contributed by atoms with E-state index in [9.17, 15) is 10.5 Å². The zero-order valence-electron chi connectivity index (χ0n) is 29.1. The van der Waals surface area contributed by atoms with Gasteiger partial charge in [0.15, 0.2) is 0 Å². The van der Waals surface area contributed by atoms with Crippen molar-refractivity contribution in [3.8, 4) is 56.9 Å². The molecule has 0 bridgehead atoms. The average molecular weight is 687 g/mol. The van der Waals surface area contributed by atoms with Crippen molar-refractivity contribution in [2.24, 2.45) is 0 Å². The van der Waals surface area contributed by atoms with Crippen molar-refractivity contribution >= 4 is 43.6 Å². The lowest BCUT2D eigenvalue weighted by atomic mass is 9.84. The van der Waals surface area contributed by atoms with E-state index in [0.717, 1.165) is 72.0 Å². The van der Waals surface area contributed by atoms with Gasteiger partial charge in [-0.25, -0.2) is 0 Å². The van der Waals surface area contributed by atoms with Crippen molar-refractivity contribution in [3.63, 3.8) is 0 Å². The Morgan fingerprint density at radius 1 is 0.352 bits per heavy atom. The number of nitriles is 2. The molecule has 0 amide bonds. The van der Waals surface area contributed by atoms with Crippen LogP contribution >= 0.6 is 0 Å². The maximum atomic E-state index is 10.9. The van der Waals surface area contributed by atoms with Crippen LogP contribution in [0.1, 0.15) is 11.1 Å². The van der Waals surface area contributed by atoms with Gasteiger partial charge < -0.3 is 9.13 Å². The smallest absolute Gasteiger partial charge is 0.100 e. The van der Waals surface area contributed by atoms with Gasteiger partial charge in [-0.05, 0) is 65.2 Å². The third-order valence-corrected chi connectivity index (χ3v) is 10.6. The highest BCUT2D eigenvalue weighted by atomic mass is 15.0. The molecule has 54 heavy (non-hydrogen) atoms. The lowest BCUT2D eigenvalue weighted by molar-refractivity contribution is 1.15. The molecular weight excluding hydrogens is 657 g/mol. The van der Waals surface area contributed by atoms with Crippen molar-refractivity contribution in [2.45, 2.75) is 0 Å². The van der Waals surface area contributed by atoms with E-state index in [1.807, 2.05) is 66.7 Å². The minimum absolute atomic E-state index is 0.482. The molecule has 8 aromatic carbocycles. The van der Waals surface area contributed by atoms with Gasteiger partial charge in [0.1, 0.15) is 12.1 Å². The molecule has 0 spiro atoms. The van der Waals surface area contributed by atoms with E-state index in [4.69, 9.17) is 0 Å². The van der Waals surface area contributed by atoms with Crippen molar-refractivity contribution < 1.29 is 0 Å². The summed E-state index contributed by atoms with van der Waals surface area (Å²) in [5.74, 6) is 0. The Kier molecular flexibility index (Phi) is 7.22. The Hall–Kier alpha value is -7.66. The number of hydrogen-bond acceptors (Lipinski definition) is 2. The standard InChI is InChI=1S/C50H30N4/c51-31-44-41(33-15-5-1-6-16-33)30-42(45(32-52)48(44)34-17-7-2-8-18-34)35-25-28-47-43(29-35)40-27-26-39-38-23-13-14-24-46(38)53(36-19-9-3-10-20-36)49(39)50(40)54(47)37-21-11-4-12-22-37/h1-30H. The quantitative estimate of drug-likeness (QED) is 0.181. The Balaban J connectivity index is 1.34. The molecule has 0 aliphatic heterocycles. The second-order valence-electron chi connectivity index (χ2n) is 13.5. The monoisotopic (exact) mass is 686 g/mol. The first kappa shape index (κ1) is 31.1. The summed E-state index contributed by atoms with van der Waals surface area (Å²) < 4.78 is 4.77. The molecule has 250 valence electrons. The van der Waals surface area contributed by atoms with Crippen molar-refractivity contribution in [1.82, 2.24) is 9.13 Å². The van der Waals surface area contributed by atoms with Crippen molar-refractivity contribution in [2.75, 3.05) is 0 Å². The summed E-state index contributed by atoms with van der Waals surface area (Å²) in [5, 5.41) is 26.1. The number of aromatic nitrogens is 2. The molecule has 4 heteroatoms. The molecular formula is C50H30N4. The zero-order valence-corrected chi connectivity index (χ0v) is 29.1. The second kappa shape index (κ2) is 12.5. The van der Waals surface area contributed by atoms with E-state index in [2.05, 4.69) is 137 Å². The molecule has 0 atom stereocenters. The maximum Gasteiger partial charge on any atom is 0.100 e. The van der Waals surface area contributed by atoms with E-state index in [1.165, 1.54) is 10.8 Å². The van der Waals surface area contributed by atoms with Crippen LogP contribution in [-0.2, 0) is 0 Å². The maximum absolute atomic E-state index is 10.9. The molecule has 0 aliphatic rings. The van der Waals surface area contributed by atoms with Gasteiger partial charge in [-0.2, -0.15) is 10.5 Å². The number of rotatable bonds is 5. The summed E-state index contributed by atoms with van der Waals surface area (Å²) in [5.41, 5.74) is 12.5. The van der Waals surface area contributed by atoms with Crippen LogP contribution in [0.25, 0.3) is 88.4 Å². The van der Waals surface area contributed by atoms with Gasteiger partial charge in [0.25, 0.3) is 0 Å². The highest BCUT2D eigenvalue weighted by Gasteiger charge is 2.24. The van der Waals surface area contributed by atoms with Crippen LogP contribution in [0.15, 0.2) is 182 Å². The molecule has 2 heterocycles. The summed E-state index contributed by atoms with van der Waals surface area (Å²) in [7, 11) is 0. The van der Waals surface area contributed by atoms with Crippen LogP contribution in [0.3, 0.4) is 0 Å². The van der Waals surface area contributed by atoms with E-state index in [0.29, 0.717) is 16.7 Å². The number of benzene rings is 8. The Morgan fingerprint density at radius 3 is 1.39 bits per heavy atom. The van der Waals surface area contributed by atoms with Gasteiger partial charge in [-0.3, -0.25) is 0 Å². The van der Waals surface area contributed by atoms with E-state index >= 15 is 0 Å². The second-order valence-corrected chi connectivity index (χ2v) is 13.5. The first-order valence-electron chi connectivity index (χ1n) is 18.0. The molecule has 0 saturated heterocycles. The molecule has 2 aromatic heterocycles. The minimum Gasteiger partial charge on any atom is -0.307 e. The summed E-state index contributed by atoms with van der Waals surface area (Å²) >= 11 is 0. The van der Waals surface area contributed by atoms with Crippen LogP contribution in [0.4, 0.5) is 0 Å². The molecule has 10 rings (SSSR count). The predicted molar refractivity (Wildman–Crippen MR) is 221 cm³/mol. The van der Waals surface area contributed by atoms with Crippen LogP contribution < -0.4 is 0 Å². The fraction of sp³-hybridized carbons (Fsp3) is 0. The van der Waals surface area contributed by atoms with Crippen molar-refractivity contribution in [1.29, 1.82) is 10.5 Å². The van der Waals surface area contributed by atoms with Gasteiger partial charge in [0, 0.05) is 49.6 Å². The first-order chi connectivity index (χ1) is 26.7. The van der Waals surface area contributed by atoms with Gasteiger partial charge in [0.2, 0.25) is 0 Å². The van der Waals surface area contributed by atoms with Crippen LogP contribution in [0, 0.1) is 22.7 Å². The van der Waals surface area contributed by atoms with E-state index < -0.39 is 0 Å². The number of fused-ring (bicyclic) bond motifs is 7. The molecule has 0 N–H and O–H groups in total. The average Bonchev–Trinajstić information content (AvgIpc) is 3.77. The Labute approximate surface area is 312 Å².